The number of aliphatic hydroxyl groups excluding tert-OH is 1. The lowest BCUT2D eigenvalue weighted by molar-refractivity contribution is 0.0984. The van der Waals surface area contributed by atoms with Gasteiger partial charge in [0.05, 0.1) is 22.2 Å². The highest BCUT2D eigenvalue weighted by Crippen LogP contribution is 2.31. The van der Waals surface area contributed by atoms with Crippen molar-refractivity contribution in [1.82, 2.24) is 5.32 Å². The van der Waals surface area contributed by atoms with Crippen LogP contribution in [0.1, 0.15) is 19.3 Å². The molecular weight excluding hydrogens is 275 g/mol. The van der Waals surface area contributed by atoms with E-state index in [1.165, 1.54) is 0 Å². The van der Waals surface area contributed by atoms with Crippen LogP contribution in [0.5, 0.6) is 0 Å². The highest BCUT2D eigenvalue weighted by molar-refractivity contribution is 6.42. The van der Waals surface area contributed by atoms with Gasteiger partial charge >= 0.3 is 6.03 Å². The second-order valence-electron chi connectivity index (χ2n) is 4.50. The first-order valence-corrected chi connectivity index (χ1v) is 6.45. The van der Waals surface area contributed by atoms with Crippen LogP contribution in [-0.4, -0.2) is 23.3 Å². The highest BCUT2D eigenvalue weighted by Gasteiger charge is 2.37. The van der Waals surface area contributed by atoms with Gasteiger partial charge in [-0.05, 0) is 37.5 Å². The van der Waals surface area contributed by atoms with Crippen molar-refractivity contribution in [3.8, 4) is 0 Å². The normalized spacial score (nSPS) is 16.8. The van der Waals surface area contributed by atoms with E-state index in [0.29, 0.717) is 15.7 Å². The van der Waals surface area contributed by atoms with E-state index in [4.69, 9.17) is 23.2 Å². The van der Waals surface area contributed by atoms with Crippen molar-refractivity contribution < 1.29 is 9.90 Å². The maximum atomic E-state index is 11.8. The number of hydrogen-bond acceptors (Lipinski definition) is 2. The standard InChI is InChI=1S/C12H14Cl2N2O2/c13-9-3-2-8(6-10(9)14)15-11(18)16-12(7-17)4-1-5-12/h2-3,6,17H,1,4-5,7H2,(H2,15,16,18). The monoisotopic (exact) mass is 288 g/mol. The van der Waals surface area contributed by atoms with Crippen molar-refractivity contribution >= 4 is 34.9 Å². The Morgan fingerprint density at radius 3 is 2.56 bits per heavy atom. The van der Waals surface area contributed by atoms with Crippen molar-refractivity contribution in [2.45, 2.75) is 24.8 Å². The molecule has 3 N–H and O–H groups in total. The quantitative estimate of drug-likeness (QED) is 0.801. The minimum atomic E-state index is -0.458. The zero-order chi connectivity index (χ0) is 13.2. The Morgan fingerprint density at radius 1 is 1.33 bits per heavy atom. The van der Waals surface area contributed by atoms with E-state index in [1.54, 1.807) is 18.2 Å². The van der Waals surface area contributed by atoms with Crippen LogP contribution >= 0.6 is 23.2 Å². The fraction of sp³-hybridized carbons (Fsp3) is 0.417. The Balaban J connectivity index is 1.96. The Hall–Kier alpha value is -0.970. The third-order valence-corrected chi connectivity index (χ3v) is 3.91. The molecule has 0 radical (unpaired) electrons. The molecule has 1 saturated carbocycles. The summed E-state index contributed by atoms with van der Waals surface area (Å²) >= 11 is 11.6. The predicted molar refractivity (Wildman–Crippen MR) is 72.3 cm³/mol. The number of carbonyl (C=O) groups is 1. The highest BCUT2D eigenvalue weighted by atomic mass is 35.5. The molecule has 0 aromatic heterocycles. The molecule has 0 bridgehead atoms. The maximum Gasteiger partial charge on any atom is 0.319 e. The molecule has 1 fully saturated rings. The average molecular weight is 289 g/mol. The zero-order valence-corrected chi connectivity index (χ0v) is 11.2. The fourth-order valence-corrected chi connectivity index (χ4v) is 2.20. The topological polar surface area (TPSA) is 61.4 Å². The van der Waals surface area contributed by atoms with E-state index in [-0.39, 0.29) is 12.6 Å². The molecule has 0 heterocycles. The number of anilines is 1. The van der Waals surface area contributed by atoms with Crippen LogP contribution < -0.4 is 10.6 Å². The SMILES string of the molecule is O=C(Nc1ccc(Cl)c(Cl)c1)NC1(CO)CCC1. The Morgan fingerprint density at radius 2 is 2.06 bits per heavy atom. The van der Waals surface area contributed by atoms with Gasteiger partial charge in [0.15, 0.2) is 0 Å². The lowest BCUT2D eigenvalue weighted by Gasteiger charge is -2.40. The van der Waals surface area contributed by atoms with Gasteiger partial charge < -0.3 is 15.7 Å². The molecule has 2 amide bonds. The van der Waals surface area contributed by atoms with E-state index >= 15 is 0 Å². The van der Waals surface area contributed by atoms with Gasteiger partial charge in [-0.3, -0.25) is 0 Å². The maximum absolute atomic E-state index is 11.8. The van der Waals surface area contributed by atoms with Crippen LogP contribution in [0.3, 0.4) is 0 Å². The van der Waals surface area contributed by atoms with Gasteiger partial charge in [-0.15, -0.1) is 0 Å². The van der Waals surface area contributed by atoms with Crippen LogP contribution in [-0.2, 0) is 0 Å². The van der Waals surface area contributed by atoms with Gasteiger partial charge in [-0.25, -0.2) is 4.79 Å². The van der Waals surface area contributed by atoms with Crippen molar-refractivity contribution in [1.29, 1.82) is 0 Å². The van der Waals surface area contributed by atoms with Gasteiger partial charge in [0, 0.05) is 5.69 Å². The lowest BCUT2D eigenvalue weighted by Crippen LogP contribution is -2.57. The van der Waals surface area contributed by atoms with Gasteiger partial charge in [-0.1, -0.05) is 23.2 Å². The Kier molecular flexibility index (Phi) is 4.00. The van der Waals surface area contributed by atoms with E-state index in [1.807, 2.05) is 0 Å². The van der Waals surface area contributed by atoms with Crippen molar-refractivity contribution in [3.63, 3.8) is 0 Å². The number of carbonyl (C=O) groups excluding carboxylic acids is 1. The van der Waals surface area contributed by atoms with Gasteiger partial charge in [0.2, 0.25) is 0 Å². The molecular formula is C12H14Cl2N2O2. The molecule has 0 saturated heterocycles. The fourth-order valence-electron chi connectivity index (χ4n) is 1.90. The Bertz CT molecular complexity index is 456. The first kappa shape index (κ1) is 13.5. The zero-order valence-electron chi connectivity index (χ0n) is 9.67. The molecule has 1 aromatic rings. The van der Waals surface area contributed by atoms with E-state index < -0.39 is 5.54 Å². The van der Waals surface area contributed by atoms with E-state index in [9.17, 15) is 9.90 Å². The summed E-state index contributed by atoms with van der Waals surface area (Å²) in [5.74, 6) is 0. The van der Waals surface area contributed by atoms with Crippen LogP contribution in [0.15, 0.2) is 18.2 Å². The number of halogens is 2. The summed E-state index contributed by atoms with van der Waals surface area (Å²) < 4.78 is 0. The number of rotatable bonds is 3. The van der Waals surface area contributed by atoms with E-state index in [0.717, 1.165) is 19.3 Å². The molecule has 1 aliphatic rings. The molecule has 18 heavy (non-hydrogen) atoms. The molecule has 1 aliphatic carbocycles. The molecule has 98 valence electrons. The number of aliphatic hydroxyl groups is 1. The summed E-state index contributed by atoms with van der Waals surface area (Å²) in [6.07, 6.45) is 2.63. The van der Waals surface area contributed by atoms with Gasteiger partial charge in [0.25, 0.3) is 0 Å². The number of amides is 2. The summed E-state index contributed by atoms with van der Waals surface area (Å²) in [6, 6.07) is 4.52. The smallest absolute Gasteiger partial charge is 0.319 e. The average Bonchev–Trinajstić information content (AvgIpc) is 2.29. The summed E-state index contributed by atoms with van der Waals surface area (Å²) in [6.45, 7) is -0.0399. The predicted octanol–water partition coefficient (Wildman–Crippen LogP) is 3.03. The van der Waals surface area contributed by atoms with Crippen LogP contribution in [0.4, 0.5) is 10.5 Å². The number of benzene rings is 1. The third-order valence-electron chi connectivity index (χ3n) is 3.17. The van der Waals surface area contributed by atoms with Crippen molar-refractivity contribution in [2.24, 2.45) is 0 Å². The number of nitrogens with one attached hydrogen (secondary N) is 2. The second-order valence-corrected chi connectivity index (χ2v) is 5.31. The third kappa shape index (κ3) is 2.88. The molecule has 6 heteroatoms. The molecule has 0 unspecified atom stereocenters. The van der Waals surface area contributed by atoms with Crippen LogP contribution in [0.2, 0.25) is 10.0 Å². The molecule has 0 spiro atoms. The summed E-state index contributed by atoms with van der Waals surface area (Å²) in [4.78, 5) is 11.8. The van der Waals surface area contributed by atoms with Crippen molar-refractivity contribution in [3.05, 3.63) is 28.2 Å². The summed E-state index contributed by atoms with van der Waals surface area (Å²) in [5, 5.41) is 15.5. The molecule has 1 aromatic carbocycles. The first-order valence-electron chi connectivity index (χ1n) is 5.70. The molecule has 4 nitrogen and oxygen atoms in total. The molecule has 2 rings (SSSR count). The van der Waals surface area contributed by atoms with Gasteiger partial charge in [0.1, 0.15) is 0 Å². The largest absolute Gasteiger partial charge is 0.394 e. The molecule has 0 atom stereocenters. The van der Waals surface area contributed by atoms with Crippen molar-refractivity contribution in [2.75, 3.05) is 11.9 Å². The molecule has 0 aliphatic heterocycles. The summed E-state index contributed by atoms with van der Waals surface area (Å²) in [5.41, 5.74) is 0.106. The van der Waals surface area contributed by atoms with Gasteiger partial charge in [-0.2, -0.15) is 0 Å². The minimum absolute atomic E-state index is 0.0399. The van der Waals surface area contributed by atoms with Crippen LogP contribution in [0.25, 0.3) is 0 Å². The number of hydrogen-bond donors (Lipinski definition) is 3. The Labute approximate surface area is 115 Å². The van der Waals surface area contributed by atoms with E-state index in [2.05, 4.69) is 10.6 Å². The number of urea groups is 1. The second kappa shape index (κ2) is 5.34. The van der Waals surface area contributed by atoms with Crippen LogP contribution in [0, 0.1) is 0 Å². The minimum Gasteiger partial charge on any atom is -0.394 e. The summed E-state index contributed by atoms with van der Waals surface area (Å²) in [7, 11) is 0. The first-order chi connectivity index (χ1) is 8.54. The lowest BCUT2D eigenvalue weighted by atomic mass is 9.77.